The molecule has 144 valence electrons. The van der Waals surface area contributed by atoms with Gasteiger partial charge in [-0.25, -0.2) is 4.79 Å². The normalized spacial score (nSPS) is 23.2. The van der Waals surface area contributed by atoms with E-state index in [4.69, 9.17) is 4.74 Å². The van der Waals surface area contributed by atoms with E-state index in [1.807, 2.05) is 20.8 Å². The lowest BCUT2D eigenvalue weighted by atomic mass is 10.0. The molecule has 1 aromatic rings. The van der Waals surface area contributed by atoms with E-state index in [0.717, 1.165) is 18.8 Å². The Kier molecular flexibility index (Phi) is 4.71. The number of hydrogen-bond donors (Lipinski definition) is 0. The molecule has 0 spiro atoms. The van der Waals surface area contributed by atoms with Crippen LogP contribution in [-0.4, -0.2) is 49.1 Å². The van der Waals surface area contributed by atoms with Gasteiger partial charge in [-0.2, -0.15) is 0 Å². The predicted molar refractivity (Wildman–Crippen MR) is 90.1 cm³/mol. The van der Waals surface area contributed by atoms with E-state index in [1.165, 1.54) is 12.1 Å². The molecule has 2 atom stereocenters. The summed E-state index contributed by atoms with van der Waals surface area (Å²) in [4.78, 5) is 16.1. The van der Waals surface area contributed by atoms with Gasteiger partial charge < -0.3 is 19.3 Å². The third-order valence-corrected chi connectivity index (χ3v) is 4.57. The number of ether oxygens (including phenoxy) is 2. The van der Waals surface area contributed by atoms with Crippen LogP contribution in [0.3, 0.4) is 0 Å². The van der Waals surface area contributed by atoms with E-state index in [0.29, 0.717) is 24.9 Å². The minimum atomic E-state index is -4.68. The molecule has 5 nitrogen and oxygen atoms in total. The van der Waals surface area contributed by atoms with Gasteiger partial charge in [0.05, 0.1) is 0 Å². The zero-order valence-electron chi connectivity index (χ0n) is 15.0. The van der Waals surface area contributed by atoms with Gasteiger partial charge in [-0.05, 0) is 45.0 Å². The van der Waals surface area contributed by atoms with Crippen molar-refractivity contribution in [1.29, 1.82) is 0 Å². The number of benzene rings is 1. The maximum atomic E-state index is 12.2. The Balaban J connectivity index is 1.56. The number of amides is 1. The summed E-state index contributed by atoms with van der Waals surface area (Å²) in [6, 6.07) is 5.91. The molecular weight excluding hydrogens is 349 g/mol. The van der Waals surface area contributed by atoms with Crippen molar-refractivity contribution < 1.29 is 27.4 Å². The third kappa shape index (κ3) is 4.53. The Morgan fingerprint density at radius 2 is 1.54 bits per heavy atom. The number of rotatable bonds is 2. The largest absolute Gasteiger partial charge is 0.573 e. The van der Waals surface area contributed by atoms with Crippen LogP contribution in [0.25, 0.3) is 0 Å². The van der Waals surface area contributed by atoms with E-state index in [-0.39, 0.29) is 11.8 Å². The van der Waals surface area contributed by atoms with Crippen LogP contribution in [0, 0.1) is 11.8 Å². The smallest absolute Gasteiger partial charge is 0.444 e. The maximum absolute atomic E-state index is 12.2. The highest BCUT2D eigenvalue weighted by molar-refractivity contribution is 5.68. The standard InChI is InChI=1S/C18H23F3N2O3/c1-17(2,3)26-16(24)23-10-12-8-22(9-13(12)11-23)14-4-6-15(7-5-14)25-18(19,20)21/h4-7,12-13H,8-11H2,1-3H3/t12-,13-/m0/s1. The molecule has 0 aromatic heterocycles. The summed E-state index contributed by atoms with van der Waals surface area (Å²) in [5, 5.41) is 0. The van der Waals surface area contributed by atoms with E-state index in [2.05, 4.69) is 9.64 Å². The molecule has 2 heterocycles. The second kappa shape index (κ2) is 6.55. The van der Waals surface area contributed by atoms with Crippen LogP contribution in [0.5, 0.6) is 5.75 Å². The number of nitrogens with zero attached hydrogens (tertiary/aromatic N) is 2. The van der Waals surface area contributed by atoms with Gasteiger partial charge in [0.2, 0.25) is 0 Å². The highest BCUT2D eigenvalue weighted by Crippen LogP contribution is 2.35. The van der Waals surface area contributed by atoms with Gasteiger partial charge in [0.1, 0.15) is 11.4 Å². The van der Waals surface area contributed by atoms with Crippen molar-refractivity contribution in [2.75, 3.05) is 31.1 Å². The molecule has 0 radical (unpaired) electrons. The average Bonchev–Trinajstić information content (AvgIpc) is 3.03. The number of alkyl halides is 3. The van der Waals surface area contributed by atoms with E-state index < -0.39 is 12.0 Å². The second-order valence-electron chi connectivity index (χ2n) is 7.85. The Morgan fingerprint density at radius 3 is 2.00 bits per heavy atom. The Morgan fingerprint density at radius 1 is 1.00 bits per heavy atom. The van der Waals surface area contributed by atoms with Gasteiger partial charge in [0.15, 0.2) is 0 Å². The van der Waals surface area contributed by atoms with Crippen LogP contribution in [0.15, 0.2) is 24.3 Å². The maximum Gasteiger partial charge on any atom is 0.573 e. The lowest BCUT2D eigenvalue weighted by Crippen LogP contribution is -2.37. The van der Waals surface area contributed by atoms with Crippen LogP contribution < -0.4 is 9.64 Å². The first-order valence-corrected chi connectivity index (χ1v) is 8.59. The minimum absolute atomic E-state index is 0.225. The van der Waals surface area contributed by atoms with Crippen LogP contribution in [0.4, 0.5) is 23.7 Å². The molecule has 2 aliphatic rings. The van der Waals surface area contributed by atoms with Crippen molar-refractivity contribution >= 4 is 11.8 Å². The molecule has 2 saturated heterocycles. The minimum Gasteiger partial charge on any atom is -0.444 e. The molecule has 2 fully saturated rings. The molecule has 2 aliphatic heterocycles. The van der Waals surface area contributed by atoms with Crippen molar-refractivity contribution in [1.82, 2.24) is 4.90 Å². The summed E-state index contributed by atoms with van der Waals surface area (Å²) in [5.74, 6) is 0.457. The summed E-state index contributed by atoms with van der Waals surface area (Å²) >= 11 is 0. The van der Waals surface area contributed by atoms with Gasteiger partial charge in [0, 0.05) is 43.7 Å². The first-order valence-electron chi connectivity index (χ1n) is 8.59. The number of hydrogen-bond acceptors (Lipinski definition) is 4. The van der Waals surface area contributed by atoms with Crippen LogP contribution in [0.2, 0.25) is 0 Å². The first-order chi connectivity index (χ1) is 12.0. The molecule has 0 saturated carbocycles. The van der Waals surface area contributed by atoms with Gasteiger partial charge >= 0.3 is 12.5 Å². The van der Waals surface area contributed by atoms with Crippen LogP contribution in [0.1, 0.15) is 20.8 Å². The van der Waals surface area contributed by atoms with Gasteiger partial charge in [0.25, 0.3) is 0 Å². The highest BCUT2D eigenvalue weighted by atomic mass is 19.4. The lowest BCUT2D eigenvalue weighted by Gasteiger charge is -2.26. The lowest BCUT2D eigenvalue weighted by molar-refractivity contribution is -0.274. The Bertz CT molecular complexity index is 641. The topological polar surface area (TPSA) is 42.0 Å². The van der Waals surface area contributed by atoms with Crippen molar-refractivity contribution in [3.05, 3.63) is 24.3 Å². The number of carbonyl (C=O) groups excluding carboxylic acids is 1. The molecule has 0 bridgehead atoms. The first kappa shape index (κ1) is 18.7. The summed E-state index contributed by atoms with van der Waals surface area (Å²) in [7, 11) is 0. The molecule has 1 aromatic carbocycles. The number of halogens is 3. The quantitative estimate of drug-likeness (QED) is 0.790. The molecule has 0 unspecified atom stereocenters. The fourth-order valence-corrected chi connectivity index (χ4v) is 3.54. The SMILES string of the molecule is CC(C)(C)OC(=O)N1C[C@@H]2CN(c3ccc(OC(F)(F)F)cc3)C[C@H]2C1. The van der Waals surface area contributed by atoms with Crippen molar-refractivity contribution in [2.24, 2.45) is 11.8 Å². The van der Waals surface area contributed by atoms with E-state index in [1.54, 1.807) is 17.0 Å². The van der Waals surface area contributed by atoms with Gasteiger partial charge in [-0.3, -0.25) is 0 Å². The summed E-state index contributed by atoms with van der Waals surface area (Å²) in [5.41, 5.74) is 0.346. The second-order valence-corrected chi connectivity index (χ2v) is 7.85. The van der Waals surface area contributed by atoms with Gasteiger partial charge in [-0.1, -0.05) is 0 Å². The van der Waals surface area contributed by atoms with Crippen LogP contribution >= 0.6 is 0 Å². The fourth-order valence-electron chi connectivity index (χ4n) is 3.54. The Hall–Kier alpha value is -2.12. The third-order valence-electron chi connectivity index (χ3n) is 4.57. The molecular formula is C18H23F3N2O3. The zero-order valence-corrected chi connectivity index (χ0v) is 15.0. The molecule has 8 heteroatoms. The monoisotopic (exact) mass is 372 g/mol. The summed E-state index contributed by atoms with van der Waals surface area (Å²) in [6.07, 6.45) is -4.97. The summed E-state index contributed by atoms with van der Waals surface area (Å²) in [6.45, 7) is 8.35. The van der Waals surface area contributed by atoms with Crippen molar-refractivity contribution in [2.45, 2.75) is 32.7 Å². The number of anilines is 1. The van der Waals surface area contributed by atoms with E-state index >= 15 is 0 Å². The highest BCUT2D eigenvalue weighted by Gasteiger charge is 2.42. The van der Waals surface area contributed by atoms with Gasteiger partial charge in [-0.15, -0.1) is 13.2 Å². The van der Waals surface area contributed by atoms with Crippen LogP contribution in [-0.2, 0) is 4.74 Å². The molecule has 3 rings (SSSR count). The average molecular weight is 372 g/mol. The molecule has 0 N–H and O–H groups in total. The van der Waals surface area contributed by atoms with E-state index in [9.17, 15) is 18.0 Å². The van der Waals surface area contributed by atoms with Crippen molar-refractivity contribution in [3.63, 3.8) is 0 Å². The number of carbonyl (C=O) groups is 1. The number of likely N-dealkylation sites (tertiary alicyclic amines) is 1. The Labute approximate surface area is 150 Å². The number of fused-ring (bicyclic) bond motifs is 1. The molecule has 26 heavy (non-hydrogen) atoms. The molecule has 0 aliphatic carbocycles. The summed E-state index contributed by atoms with van der Waals surface area (Å²) < 4.78 is 46.0. The van der Waals surface area contributed by atoms with Crippen molar-refractivity contribution in [3.8, 4) is 5.75 Å². The zero-order chi connectivity index (χ0) is 19.1. The predicted octanol–water partition coefficient (Wildman–Crippen LogP) is 3.89. The molecule has 1 amide bonds. The fraction of sp³-hybridized carbons (Fsp3) is 0.611.